The SMILES string of the molecule is CCn1cc(-c2ccc(CC(C)NC)cc2)c(C)n1. The summed E-state index contributed by atoms with van der Waals surface area (Å²) in [6.07, 6.45) is 3.19. The third-order valence-corrected chi connectivity index (χ3v) is 3.57. The number of aromatic nitrogens is 2. The molecule has 3 heteroatoms. The van der Waals surface area contributed by atoms with Gasteiger partial charge in [0.1, 0.15) is 0 Å². The van der Waals surface area contributed by atoms with Crippen molar-refractivity contribution in [3.63, 3.8) is 0 Å². The molecule has 19 heavy (non-hydrogen) atoms. The molecule has 2 rings (SSSR count). The smallest absolute Gasteiger partial charge is 0.0672 e. The maximum atomic E-state index is 4.50. The maximum Gasteiger partial charge on any atom is 0.0672 e. The maximum absolute atomic E-state index is 4.50. The van der Waals surface area contributed by atoms with E-state index in [1.807, 2.05) is 11.7 Å². The van der Waals surface area contributed by atoms with Crippen molar-refractivity contribution in [3.8, 4) is 11.1 Å². The molecule has 2 aromatic rings. The van der Waals surface area contributed by atoms with Crippen LogP contribution in [0.3, 0.4) is 0 Å². The van der Waals surface area contributed by atoms with Crippen LogP contribution in [0.4, 0.5) is 0 Å². The normalized spacial score (nSPS) is 12.6. The number of benzene rings is 1. The molecule has 1 heterocycles. The van der Waals surface area contributed by atoms with Crippen LogP contribution >= 0.6 is 0 Å². The molecule has 1 atom stereocenters. The molecular formula is C16H23N3. The first-order chi connectivity index (χ1) is 9.13. The summed E-state index contributed by atoms with van der Waals surface area (Å²) >= 11 is 0. The molecule has 1 unspecified atom stereocenters. The molecule has 0 saturated carbocycles. The first-order valence-electron chi connectivity index (χ1n) is 6.94. The van der Waals surface area contributed by atoms with Gasteiger partial charge >= 0.3 is 0 Å². The Bertz CT molecular complexity index is 525. The molecule has 0 aliphatic heterocycles. The summed E-state index contributed by atoms with van der Waals surface area (Å²) in [4.78, 5) is 0. The van der Waals surface area contributed by atoms with Gasteiger partial charge in [-0.3, -0.25) is 4.68 Å². The fourth-order valence-corrected chi connectivity index (χ4v) is 2.24. The van der Waals surface area contributed by atoms with Crippen LogP contribution in [0.15, 0.2) is 30.5 Å². The highest BCUT2D eigenvalue weighted by Gasteiger charge is 2.07. The molecular weight excluding hydrogens is 234 g/mol. The van der Waals surface area contributed by atoms with E-state index in [4.69, 9.17) is 0 Å². The van der Waals surface area contributed by atoms with Gasteiger partial charge in [0.15, 0.2) is 0 Å². The van der Waals surface area contributed by atoms with E-state index in [0.717, 1.165) is 18.7 Å². The molecule has 0 amide bonds. The van der Waals surface area contributed by atoms with Gasteiger partial charge < -0.3 is 5.32 Å². The van der Waals surface area contributed by atoms with Crippen LogP contribution in [0.5, 0.6) is 0 Å². The van der Waals surface area contributed by atoms with E-state index in [2.05, 4.69) is 61.6 Å². The molecule has 102 valence electrons. The van der Waals surface area contributed by atoms with Crippen LogP contribution in [0.2, 0.25) is 0 Å². The van der Waals surface area contributed by atoms with Gasteiger partial charge in [-0.2, -0.15) is 5.10 Å². The van der Waals surface area contributed by atoms with Crippen molar-refractivity contribution < 1.29 is 0 Å². The first kappa shape index (κ1) is 13.8. The van der Waals surface area contributed by atoms with Gasteiger partial charge in [0, 0.05) is 24.3 Å². The lowest BCUT2D eigenvalue weighted by Gasteiger charge is -2.10. The van der Waals surface area contributed by atoms with Gasteiger partial charge in [-0.1, -0.05) is 24.3 Å². The second kappa shape index (κ2) is 6.02. The van der Waals surface area contributed by atoms with E-state index in [-0.39, 0.29) is 0 Å². The molecule has 1 aromatic carbocycles. The quantitative estimate of drug-likeness (QED) is 0.892. The molecule has 0 fully saturated rings. The van der Waals surface area contributed by atoms with Gasteiger partial charge in [0.25, 0.3) is 0 Å². The number of rotatable bonds is 5. The van der Waals surface area contributed by atoms with Crippen LogP contribution in [0.1, 0.15) is 25.1 Å². The average molecular weight is 257 g/mol. The van der Waals surface area contributed by atoms with Crippen molar-refractivity contribution in [2.75, 3.05) is 7.05 Å². The number of nitrogens with one attached hydrogen (secondary N) is 1. The Morgan fingerprint density at radius 1 is 1.26 bits per heavy atom. The topological polar surface area (TPSA) is 29.9 Å². The molecule has 0 spiro atoms. The summed E-state index contributed by atoms with van der Waals surface area (Å²) in [6, 6.07) is 9.33. The summed E-state index contributed by atoms with van der Waals surface area (Å²) in [5.74, 6) is 0. The fraction of sp³-hybridized carbons (Fsp3) is 0.438. The Kier molecular flexibility index (Phi) is 4.38. The van der Waals surface area contributed by atoms with E-state index in [0.29, 0.717) is 6.04 Å². The number of nitrogens with zero attached hydrogens (tertiary/aromatic N) is 2. The van der Waals surface area contributed by atoms with E-state index in [9.17, 15) is 0 Å². The monoisotopic (exact) mass is 257 g/mol. The Balaban J connectivity index is 2.19. The Labute approximate surface area is 115 Å². The zero-order valence-corrected chi connectivity index (χ0v) is 12.3. The van der Waals surface area contributed by atoms with Crippen molar-refractivity contribution in [2.45, 2.75) is 39.8 Å². The third kappa shape index (κ3) is 3.24. The van der Waals surface area contributed by atoms with Crippen molar-refractivity contribution in [1.82, 2.24) is 15.1 Å². The van der Waals surface area contributed by atoms with Crippen molar-refractivity contribution >= 4 is 0 Å². The molecule has 0 bridgehead atoms. The largest absolute Gasteiger partial charge is 0.317 e. The van der Waals surface area contributed by atoms with E-state index < -0.39 is 0 Å². The van der Waals surface area contributed by atoms with Crippen molar-refractivity contribution in [3.05, 3.63) is 41.7 Å². The van der Waals surface area contributed by atoms with Crippen molar-refractivity contribution in [2.24, 2.45) is 0 Å². The third-order valence-electron chi connectivity index (χ3n) is 3.57. The lowest BCUT2D eigenvalue weighted by Crippen LogP contribution is -2.23. The summed E-state index contributed by atoms with van der Waals surface area (Å²) in [6.45, 7) is 7.29. The minimum Gasteiger partial charge on any atom is -0.317 e. The molecule has 0 aliphatic carbocycles. The molecule has 0 aliphatic rings. The van der Waals surface area contributed by atoms with Gasteiger partial charge in [-0.05, 0) is 45.4 Å². The number of hydrogen-bond acceptors (Lipinski definition) is 2. The summed E-state index contributed by atoms with van der Waals surface area (Å²) in [7, 11) is 2.00. The van der Waals surface area contributed by atoms with Crippen LogP contribution in [-0.2, 0) is 13.0 Å². The first-order valence-corrected chi connectivity index (χ1v) is 6.94. The van der Waals surface area contributed by atoms with Crippen molar-refractivity contribution in [1.29, 1.82) is 0 Å². The van der Waals surface area contributed by atoms with Crippen LogP contribution < -0.4 is 5.32 Å². The number of aryl methyl sites for hydroxylation is 2. The fourth-order valence-electron chi connectivity index (χ4n) is 2.24. The average Bonchev–Trinajstić information content (AvgIpc) is 2.81. The van der Waals surface area contributed by atoms with Gasteiger partial charge in [-0.25, -0.2) is 0 Å². The Hall–Kier alpha value is -1.61. The lowest BCUT2D eigenvalue weighted by atomic mass is 10.0. The summed E-state index contributed by atoms with van der Waals surface area (Å²) in [5, 5.41) is 7.76. The highest BCUT2D eigenvalue weighted by Crippen LogP contribution is 2.23. The highest BCUT2D eigenvalue weighted by molar-refractivity contribution is 5.65. The molecule has 0 saturated heterocycles. The number of hydrogen-bond donors (Lipinski definition) is 1. The van der Waals surface area contributed by atoms with Gasteiger partial charge in [-0.15, -0.1) is 0 Å². The van der Waals surface area contributed by atoms with Gasteiger partial charge in [0.2, 0.25) is 0 Å². The summed E-state index contributed by atoms with van der Waals surface area (Å²) < 4.78 is 1.99. The molecule has 0 radical (unpaired) electrons. The van der Waals surface area contributed by atoms with E-state index in [1.165, 1.54) is 16.7 Å². The second-order valence-electron chi connectivity index (χ2n) is 5.07. The lowest BCUT2D eigenvalue weighted by molar-refractivity contribution is 0.608. The minimum atomic E-state index is 0.510. The summed E-state index contributed by atoms with van der Waals surface area (Å²) in [5.41, 5.74) is 4.94. The zero-order chi connectivity index (χ0) is 13.8. The van der Waals surface area contributed by atoms with E-state index in [1.54, 1.807) is 0 Å². The number of likely N-dealkylation sites (N-methyl/N-ethyl adjacent to an activating group) is 1. The van der Waals surface area contributed by atoms with Crippen LogP contribution in [-0.4, -0.2) is 22.9 Å². The second-order valence-corrected chi connectivity index (χ2v) is 5.07. The predicted molar refractivity (Wildman–Crippen MR) is 80.3 cm³/mol. The van der Waals surface area contributed by atoms with Gasteiger partial charge in [0.05, 0.1) is 5.69 Å². The predicted octanol–water partition coefficient (Wildman–Crippen LogP) is 3.03. The van der Waals surface area contributed by atoms with Crippen LogP contribution in [0.25, 0.3) is 11.1 Å². The zero-order valence-electron chi connectivity index (χ0n) is 12.3. The standard InChI is InChI=1S/C16H23N3/c1-5-19-11-16(13(3)18-19)15-8-6-14(7-9-15)10-12(2)17-4/h6-9,11-12,17H,5,10H2,1-4H3. The Morgan fingerprint density at radius 2 is 1.95 bits per heavy atom. The van der Waals surface area contributed by atoms with E-state index >= 15 is 0 Å². The van der Waals surface area contributed by atoms with Crippen LogP contribution in [0, 0.1) is 6.92 Å². The molecule has 1 N–H and O–H groups in total. The molecule has 1 aromatic heterocycles. The molecule has 3 nitrogen and oxygen atoms in total. The highest BCUT2D eigenvalue weighted by atomic mass is 15.3. The Morgan fingerprint density at radius 3 is 2.47 bits per heavy atom. The minimum absolute atomic E-state index is 0.510.